The van der Waals surface area contributed by atoms with E-state index < -0.39 is 0 Å². The van der Waals surface area contributed by atoms with Gasteiger partial charge in [0, 0.05) is 18.5 Å². The summed E-state index contributed by atoms with van der Waals surface area (Å²) in [5.41, 5.74) is 3.85. The highest BCUT2D eigenvalue weighted by Gasteiger charge is 2.26. The zero-order chi connectivity index (χ0) is 22.8. The maximum atomic E-state index is 13.7. The number of furan rings is 1. The highest BCUT2D eigenvalue weighted by molar-refractivity contribution is 7.22. The molecule has 168 valence electrons. The molecule has 0 fully saturated rings. The topological polar surface area (TPSA) is 58.8 Å². The van der Waals surface area contributed by atoms with Crippen LogP contribution in [0.4, 0.5) is 5.13 Å². The van der Waals surface area contributed by atoms with E-state index in [4.69, 9.17) is 14.1 Å². The van der Waals surface area contributed by atoms with Gasteiger partial charge in [-0.05, 0) is 56.3 Å². The molecule has 2 aromatic carbocycles. The van der Waals surface area contributed by atoms with Gasteiger partial charge >= 0.3 is 0 Å². The van der Waals surface area contributed by atoms with Crippen LogP contribution in [0.1, 0.15) is 35.5 Å². The van der Waals surface area contributed by atoms with Crippen LogP contribution in [0.5, 0.6) is 5.75 Å². The maximum absolute atomic E-state index is 13.7. The van der Waals surface area contributed by atoms with Crippen molar-refractivity contribution in [2.75, 3.05) is 38.2 Å². The Kier molecular flexibility index (Phi) is 6.48. The Morgan fingerprint density at radius 3 is 2.62 bits per heavy atom. The number of hydrogen-bond acceptors (Lipinski definition) is 6. The number of thiazole rings is 1. The van der Waals surface area contributed by atoms with E-state index in [-0.39, 0.29) is 11.7 Å². The largest absolute Gasteiger partial charge is 0.493 e. The lowest BCUT2D eigenvalue weighted by molar-refractivity contribution is 0.0959. The van der Waals surface area contributed by atoms with Gasteiger partial charge in [-0.1, -0.05) is 43.4 Å². The molecule has 0 unspecified atom stereocenters. The monoisotopic (exact) mass is 451 g/mol. The van der Waals surface area contributed by atoms with E-state index in [9.17, 15) is 4.79 Å². The molecule has 0 atom stereocenters. The van der Waals surface area contributed by atoms with Crippen molar-refractivity contribution >= 4 is 43.6 Å². The Morgan fingerprint density at radius 1 is 1.12 bits per heavy atom. The highest BCUT2D eigenvalue weighted by atomic mass is 32.1. The number of aryl methyl sites for hydroxylation is 2. The van der Waals surface area contributed by atoms with Crippen LogP contribution in [0.15, 0.2) is 40.8 Å². The first kappa shape index (κ1) is 22.3. The van der Waals surface area contributed by atoms with E-state index in [0.717, 1.165) is 40.8 Å². The van der Waals surface area contributed by atoms with Gasteiger partial charge in [0.15, 0.2) is 22.2 Å². The summed E-state index contributed by atoms with van der Waals surface area (Å²) in [7, 11) is 1.60. The van der Waals surface area contributed by atoms with E-state index in [2.05, 4.69) is 44.7 Å². The number of hydrogen-bond donors (Lipinski definition) is 0. The number of likely N-dealkylation sites (N-methyl/N-ethyl adjacent to an activating group) is 1. The average molecular weight is 452 g/mol. The number of rotatable bonds is 8. The summed E-state index contributed by atoms with van der Waals surface area (Å²) in [6, 6.07) is 11.6. The molecule has 0 radical (unpaired) electrons. The molecule has 6 nitrogen and oxygen atoms in total. The molecule has 0 aliphatic rings. The van der Waals surface area contributed by atoms with Crippen LogP contribution in [0.2, 0.25) is 0 Å². The molecule has 2 heterocycles. The zero-order valence-corrected chi connectivity index (χ0v) is 20.1. The van der Waals surface area contributed by atoms with Gasteiger partial charge in [0.1, 0.15) is 0 Å². The van der Waals surface area contributed by atoms with E-state index in [1.807, 2.05) is 18.2 Å². The summed E-state index contributed by atoms with van der Waals surface area (Å²) in [4.78, 5) is 22.6. The fraction of sp³-hybridized carbons (Fsp3) is 0.360. The average Bonchev–Trinajstić information content (AvgIpc) is 3.40. The van der Waals surface area contributed by atoms with Crippen LogP contribution >= 0.6 is 11.3 Å². The fourth-order valence-corrected chi connectivity index (χ4v) is 5.02. The zero-order valence-electron chi connectivity index (χ0n) is 19.3. The molecule has 2 aromatic heterocycles. The third-order valence-corrected chi connectivity index (χ3v) is 6.99. The van der Waals surface area contributed by atoms with Crippen molar-refractivity contribution in [2.24, 2.45) is 0 Å². The first-order valence-corrected chi connectivity index (χ1v) is 11.7. The van der Waals surface area contributed by atoms with Gasteiger partial charge in [-0.15, -0.1) is 0 Å². The van der Waals surface area contributed by atoms with Crippen molar-refractivity contribution in [3.63, 3.8) is 0 Å². The number of carbonyl (C=O) groups excluding carboxylic acids is 1. The quantitative estimate of drug-likeness (QED) is 0.346. The van der Waals surface area contributed by atoms with Gasteiger partial charge in [-0.2, -0.15) is 0 Å². The van der Waals surface area contributed by atoms with Crippen LogP contribution in [0, 0.1) is 13.8 Å². The molecule has 4 aromatic rings. The van der Waals surface area contributed by atoms with E-state index in [1.165, 1.54) is 5.56 Å². The summed E-state index contributed by atoms with van der Waals surface area (Å²) in [6.45, 7) is 11.6. The predicted octanol–water partition coefficient (Wildman–Crippen LogP) is 5.66. The lowest BCUT2D eigenvalue weighted by Crippen LogP contribution is -2.38. The smallest absolute Gasteiger partial charge is 0.295 e. The molecule has 0 saturated heterocycles. The molecule has 0 saturated carbocycles. The van der Waals surface area contributed by atoms with E-state index >= 15 is 0 Å². The van der Waals surface area contributed by atoms with Gasteiger partial charge in [-0.25, -0.2) is 4.98 Å². The molecule has 1 amide bonds. The van der Waals surface area contributed by atoms with Crippen LogP contribution in [-0.2, 0) is 0 Å². The maximum Gasteiger partial charge on any atom is 0.295 e. The van der Waals surface area contributed by atoms with Crippen LogP contribution in [0.25, 0.3) is 21.2 Å². The highest BCUT2D eigenvalue weighted by Crippen LogP contribution is 2.34. The molecule has 0 bridgehead atoms. The standard InChI is InChI=1S/C25H29N3O3S/c1-6-27(7-2)11-12-28(25-26-19-14-16(3)13-17(4)23(19)32-25)24(29)21-15-18-9-8-10-20(30-5)22(18)31-21/h8-10,13-15H,6-7,11-12H2,1-5H3. The lowest BCUT2D eigenvalue weighted by atomic mass is 10.1. The Balaban J connectivity index is 1.75. The summed E-state index contributed by atoms with van der Waals surface area (Å²) in [6.07, 6.45) is 0. The Hall–Kier alpha value is -2.90. The minimum absolute atomic E-state index is 0.191. The predicted molar refractivity (Wildman–Crippen MR) is 131 cm³/mol. The Labute approximate surface area is 192 Å². The second-order valence-electron chi connectivity index (χ2n) is 7.90. The van der Waals surface area contributed by atoms with Gasteiger partial charge in [0.05, 0.1) is 17.3 Å². The SMILES string of the molecule is CCN(CC)CCN(C(=O)c1cc2cccc(OC)c2o1)c1nc2cc(C)cc(C)c2s1. The fourth-order valence-electron chi connectivity index (χ4n) is 3.98. The van der Waals surface area contributed by atoms with Crippen LogP contribution < -0.4 is 9.64 Å². The lowest BCUT2D eigenvalue weighted by Gasteiger charge is -2.24. The molecule has 0 N–H and O–H groups in total. The number of benzene rings is 2. The Bertz CT molecular complexity index is 1260. The van der Waals surface area contributed by atoms with Crippen LogP contribution in [0.3, 0.4) is 0 Å². The Morgan fingerprint density at radius 2 is 1.91 bits per heavy atom. The number of aromatic nitrogens is 1. The number of carbonyl (C=O) groups is 1. The second kappa shape index (κ2) is 9.30. The van der Waals surface area contributed by atoms with Crippen molar-refractivity contribution in [2.45, 2.75) is 27.7 Å². The molecule has 0 aliphatic carbocycles. The number of methoxy groups -OCH3 is 1. The molecular weight excluding hydrogens is 422 g/mol. The molecule has 4 rings (SSSR count). The van der Waals surface area contributed by atoms with Crippen molar-refractivity contribution in [3.05, 3.63) is 53.3 Å². The number of anilines is 1. The van der Waals surface area contributed by atoms with Gasteiger partial charge in [0.25, 0.3) is 5.91 Å². The summed E-state index contributed by atoms with van der Waals surface area (Å²) in [5, 5.41) is 1.53. The van der Waals surface area contributed by atoms with Gasteiger partial charge < -0.3 is 14.1 Å². The van der Waals surface area contributed by atoms with Gasteiger partial charge in [-0.3, -0.25) is 9.69 Å². The normalized spacial score (nSPS) is 11.6. The summed E-state index contributed by atoms with van der Waals surface area (Å²) < 4.78 is 12.5. The van der Waals surface area contributed by atoms with Gasteiger partial charge in [0.2, 0.25) is 0 Å². The number of nitrogens with zero attached hydrogens (tertiary/aromatic N) is 3. The third kappa shape index (κ3) is 4.23. The van der Waals surface area contributed by atoms with E-state index in [0.29, 0.717) is 23.0 Å². The minimum Gasteiger partial charge on any atom is -0.493 e. The molecule has 0 spiro atoms. The summed E-state index contributed by atoms with van der Waals surface area (Å²) in [5.74, 6) is 0.711. The van der Waals surface area contributed by atoms with Crippen molar-refractivity contribution in [1.82, 2.24) is 9.88 Å². The van der Waals surface area contributed by atoms with Crippen molar-refractivity contribution in [3.8, 4) is 5.75 Å². The number of fused-ring (bicyclic) bond motifs is 2. The van der Waals surface area contributed by atoms with Crippen molar-refractivity contribution in [1.29, 1.82) is 0 Å². The second-order valence-corrected chi connectivity index (χ2v) is 8.88. The van der Waals surface area contributed by atoms with E-state index in [1.54, 1.807) is 29.4 Å². The number of ether oxygens (including phenoxy) is 1. The number of amides is 1. The molecule has 32 heavy (non-hydrogen) atoms. The molecule has 7 heteroatoms. The van der Waals surface area contributed by atoms with Crippen molar-refractivity contribution < 1.29 is 13.9 Å². The molecule has 0 aliphatic heterocycles. The first-order chi connectivity index (χ1) is 15.4. The first-order valence-electron chi connectivity index (χ1n) is 10.9. The minimum atomic E-state index is -0.191. The third-order valence-electron chi connectivity index (χ3n) is 5.76. The summed E-state index contributed by atoms with van der Waals surface area (Å²) >= 11 is 1.55. The number of para-hydroxylation sites is 1. The van der Waals surface area contributed by atoms with Crippen LogP contribution in [-0.4, -0.2) is 49.1 Å². The molecular formula is C25H29N3O3S.